The van der Waals surface area contributed by atoms with Gasteiger partial charge in [0.1, 0.15) is 0 Å². The van der Waals surface area contributed by atoms with E-state index >= 15 is 0 Å². The number of aliphatic imine (C=N–C) groups is 2. The normalized spacial score (nSPS) is 18.2. The number of amides is 2. The van der Waals surface area contributed by atoms with Gasteiger partial charge in [0.25, 0.3) is 0 Å². The third-order valence-corrected chi connectivity index (χ3v) is 5.27. The lowest BCUT2D eigenvalue weighted by atomic mass is 10.3. The molecule has 0 saturated carbocycles. The van der Waals surface area contributed by atoms with Gasteiger partial charge in [0.05, 0.1) is 25.4 Å². The number of nitrogens with one attached hydrogen (secondary N) is 2. The number of rotatable bonds is 6. The van der Waals surface area contributed by atoms with Crippen LogP contribution in [0.2, 0.25) is 10.3 Å². The van der Waals surface area contributed by atoms with Gasteiger partial charge >= 0.3 is 11.8 Å². The van der Waals surface area contributed by atoms with Gasteiger partial charge in [-0.25, -0.2) is 19.9 Å². The SMILES string of the molecule is N/C(=N\C(=O)c1nc(Cl)c(N)nc1N)NC[C@@H]1CO[C@@H](CN/C(N)=N/C(=O)c2nc(Cl)c(N)nc2N)CO1. The van der Waals surface area contributed by atoms with Crippen molar-refractivity contribution in [3.8, 4) is 0 Å². The summed E-state index contributed by atoms with van der Waals surface area (Å²) in [6.07, 6.45) is -0.814. The molecular formula is C18H24Cl2N14O4. The molecule has 2 amide bonds. The smallest absolute Gasteiger partial charge is 0.302 e. The molecule has 0 spiro atoms. The second-order valence-electron chi connectivity index (χ2n) is 7.54. The average Bonchev–Trinajstić information content (AvgIpc) is 2.86. The van der Waals surface area contributed by atoms with E-state index in [0.29, 0.717) is 0 Å². The summed E-state index contributed by atoms with van der Waals surface area (Å²) in [5.41, 5.74) is 33.1. The molecule has 2 aromatic rings. The Kier molecular flexibility index (Phi) is 9.18. The van der Waals surface area contributed by atoms with Crippen LogP contribution in [0, 0.1) is 0 Å². The van der Waals surface area contributed by atoms with Crippen LogP contribution >= 0.6 is 23.2 Å². The van der Waals surface area contributed by atoms with Crippen LogP contribution in [0.4, 0.5) is 23.3 Å². The number of carbonyl (C=O) groups is 2. The van der Waals surface area contributed by atoms with Gasteiger partial charge < -0.3 is 54.5 Å². The molecular weight excluding hydrogens is 547 g/mol. The standard InChI is InChI=1S/C18H24Cl2N14O4/c19-9-13(23)31-11(21)7(29-9)15(35)33-17(25)27-1-5-3-38-6(4-37-5)2-28-18(26)34-16(36)8-12(22)32-14(24)10(20)30-8/h5-6H,1-4H2,(H4,21,23,31)(H4,22,24,32)(H3,25,27,33,35)(H3,26,28,34,36)/t5-,6+. The summed E-state index contributed by atoms with van der Waals surface area (Å²) in [6.45, 7) is 0.714. The largest absolute Gasteiger partial charge is 0.382 e. The molecule has 2 aromatic heterocycles. The number of anilines is 4. The maximum absolute atomic E-state index is 12.2. The lowest BCUT2D eigenvalue weighted by molar-refractivity contribution is -0.127. The first-order valence-electron chi connectivity index (χ1n) is 10.6. The van der Waals surface area contributed by atoms with Gasteiger partial charge in [-0.15, -0.1) is 0 Å². The highest BCUT2D eigenvalue weighted by molar-refractivity contribution is 6.32. The minimum Gasteiger partial charge on any atom is -0.382 e. The molecule has 0 aromatic carbocycles. The van der Waals surface area contributed by atoms with Gasteiger partial charge in [-0.3, -0.25) is 9.59 Å². The van der Waals surface area contributed by atoms with E-state index in [1.54, 1.807) is 0 Å². The van der Waals surface area contributed by atoms with Crippen molar-refractivity contribution in [3.63, 3.8) is 0 Å². The number of hydrogen-bond donors (Lipinski definition) is 8. The van der Waals surface area contributed by atoms with Crippen molar-refractivity contribution in [2.75, 3.05) is 49.2 Å². The fourth-order valence-corrected chi connectivity index (χ4v) is 3.11. The maximum atomic E-state index is 12.2. The van der Waals surface area contributed by atoms with E-state index in [4.69, 9.17) is 67.1 Å². The van der Waals surface area contributed by atoms with Crippen molar-refractivity contribution in [2.24, 2.45) is 21.5 Å². The van der Waals surface area contributed by atoms with E-state index in [2.05, 4.69) is 40.6 Å². The van der Waals surface area contributed by atoms with E-state index in [1.165, 1.54) is 0 Å². The fourth-order valence-electron chi connectivity index (χ4n) is 2.86. The zero-order valence-corrected chi connectivity index (χ0v) is 21.0. The van der Waals surface area contributed by atoms with Gasteiger partial charge in [-0.05, 0) is 0 Å². The molecule has 0 bridgehead atoms. The lowest BCUT2D eigenvalue weighted by Gasteiger charge is -2.29. The quantitative estimate of drug-likeness (QED) is 0.131. The summed E-state index contributed by atoms with van der Waals surface area (Å²) in [4.78, 5) is 46.7. The zero-order valence-electron chi connectivity index (χ0n) is 19.5. The number of aromatic nitrogens is 4. The molecule has 0 unspecified atom stereocenters. The predicted octanol–water partition coefficient (Wildman–Crippen LogP) is -2.52. The van der Waals surface area contributed by atoms with Crippen LogP contribution in [0.25, 0.3) is 0 Å². The molecule has 2 atom stereocenters. The van der Waals surface area contributed by atoms with Crippen LogP contribution in [0.5, 0.6) is 0 Å². The molecule has 3 heterocycles. The Hall–Kier alpha value is -4.26. The molecule has 14 N–H and O–H groups in total. The summed E-state index contributed by atoms with van der Waals surface area (Å²) in [7, 11) is 0. The topological polar surface area (TPSA) is 309 Å². The first-order chi connectivity index (χ1) is 17.9. The van der Waals surface area contributed by atoms with E-state index in [9.17, 15) is 9.59 Å². The second kappa shape index (κ2) is 12.3. The van der Waals surface area contributed by atoms with Gasteiger partial charge in [-0.1, -0.05) is 23.2 Å². The number of nitrogens with zero attached hydrogens (tertiary/aromatic N) is 6. The van der Waals surface area contributed by atoms with Gasteiger partial charge in [-0.2, -0.15) is 9.98 Å². The van der Waals surface area contributed by atoms with Gasteiger partial charge in [0.2, 0.25) is 0 Å². The van der Waals surface area contributed by atoms with Crippen LogP contribution in [-0.4, -0.2) is 82.2 Å². The number of ether oxygens (including phenoxy) is 2. The third-order valence-electron chi connectivity index (χ3n) is 4.72. The molecule has 204 valence electrons. The highest BCUT2D eigenvalue weighted by Crippen LogP contribution is 2.19. The predicted molar refractivity (Wildman–Crippen MR) is 139 cm³/mol. The van der Waals surface area contributed by atoms with Crippen molar-refractivity contribution in [2.45, 2.75) is 12.2 Å². The molecule has 1 fully saturated rings. The number of halogens is 2. The number of hydrogen-bond acceptors (Lipinski definition) is 12. The summed E-state index contributed by atoms with van der Waals surface area (Å²) in [5, 5.41) is 5.10. The fraction of sp³-hybridized carbons (Fsp3) is 0.333. The first kappa shape index (κ1) is 28.3. The Morgan fingerprint density at radius 2 is 1.11 bits per heavy atom. The molecule has 18 nitrogen and oxygen atoms in total. The van der Waals surface area contributed by atoms with Crippen LogP contribution in [0.15, 0.2) is 9.98 Å². The van der Waals surface area contributed by atoms with Gasteiger partial charge in [0, 0.05) is 13.1 Å². The average molecular weight is 571 g/mol. The van der Waals surface area contributed by atoms with E-state index in [1.807, 2.05) is 0 Å². The van der Waals surface area contributed by atoms with E-state index in [0.717, 1.165) is 0 Å². The Bertz CT molecular complexity index is 1180. The van der Waals surface area contributed by atoms with Crippen molar-refractivity contribution >= 4 is 70.2 Å². The van der Waals surface area contributed by atoms with E-state index in [-0.39, 0.29) is 83.2 Å². The van der Waals surface area contributed by atoms with Crippen LogP contribution in [-0.2, 0) is 9.47 Å². The Balaban J connectivity index is 1.43. The molecule has 0 aliphatic carbocycles. The van der Waals surface area contributed by atoms with Crippen LogP contribution in [0.3, 0.4) is 0 Å². The number of guanidine groups is 2. The number of carbonyl (C=O) groups excluding carboxylic acids is 2. The first-order valence-corrected chi connectivity index (χ1v) is 11.3. The van der Waals surface area contributed by atoms with Crippen LogP contribution < -0.4 is 45.0 Å². The third kappa shape index (κ3) is 7.38. The van der Waals surface area contributed by atoms with Gasteiger partial charge in [0.15, 0.2) is 56.9 Å². The summed E-state index contributed by atoms with van der Waals surface area (Å²) >= 11 is 11.5. The Morgan fingerprint density at radius 1 is 0.737 bits per heavy atom. The minimum atomic E-state index is -0.860. The molecule has 3 rings (SSSR count). The summed E-state index contributed by atoms with van der Waals surface area (Å²) < 4.78 is 11.4. The minimum absolute atomic E-state index is 0.120. The molecule has 1 aliphatic heterocycles. The highest BCUT2D eigenvalue weighted by atomic mass is 35.5. The molecule has 1 aliphatic rings. The molecule has 38 heavy (non-hydrogen) atoms. The summed E-state index contributed by atoms with van der Waals surface area (Å²) in [6, 6.07) is 0. The molecule has 0 radical (unpaired) electrons. The Morgan fingerprint density at radius 3 is 1.45 bits per heavy atom. The number of nitrogen functional groups attached to an aromatic ring is 4. The number of nitrogens with two attached hydrogens (primary N) is 6. The maximum Gasteiger partial charge on any atom is 0.302 e. The van der Waals surface area contributed by atoms with Crippen LogP contribution in [0.1, 0.15) is 21.0 Å². The van der Waals surface area contributed by atoms with Crippen molar-refractivity contribution < 1.29 is 19.1 Å². The van der Waals surface area contributed by atoms with Crippen molar-refractivity contribution in [1.82, 2.24) is 30.6 Å². The summed E-state index contributed by atoms with van der Waals surface area (Å²) in [5.74, 6) is -2.85. The Labute approximate surface area is 224 Å². The zero-order chi connectivity index (χ0) is 28.0. The van der Waals surface area contributed by atoms with Crippen molar-refractivity contribution in [1.29, 1.82) is 0 Å². The van der Waals surface area contributed by atoms with Crippen molar-refractivity contribution in [3.05, 3.63) is 21.7 Å². The highest BCUT2D eigenvalue weighted by Gasteiger charge is 2.23. The molecule has 1 saturated heterocycles. The monoisotopic (exact) mass is 570 g/mol. The lowest BCUT2D eigenvalue weighted by Crippen LogP contribution is -2.48. The van der Waals surface area contributed by atoms with E-state index < -0.39 is 24.0 Å². The second-order valence-corrected chi connectivity index (χ2v) is 8.26. The molecule has 20 heteroatoms.